The summed E-state index contributed by atoms with van der Waals surface area (Å²) in [6, 6.07) is 31.6. The fraction of sp³-hybridized carbons (Fsp3) is 0.0385. The van der Waals surface area contributed by atoms with Gasteiger partial charge >= 0.3 is 0 Å². The maximum absolute atomic E-state index is 13.2. The third-order valence-electron chi connectivity index (χ3n) is 4.89. The second-order valence-electron chi connectivity index (χ2n) is 7.32. The lowest BCUT2D eigenvalue weighted by atomic mass is 10.1. The Hall–Kier alpha value is -3.26. The van der Waals surface area contributed by atoms with Crippen molar-refractivity contribution < 1.29 is 13.2 Å². The predicted molar refractivity (Wildman–Crippen MR) is 139 cm³/mol. The van der Waals surface area contributed by atoms with E-state index in [9.17, 15) is 13.2 Å². The van der Waals surface area contributed by atoms with Crippen LogP contribution in [0.5, 0.6) is 0 Å². The lowest BCUT2D eigenvalue weighted by Crippen LogP contribution is -2.19. The SMILES string of the molecule is O=C(Nc1ccccc1Cl)C(Sc1ccc(NS(=O)(=O)c2ccccc2)cc1)c1ccccc1. The normalized spacial score (nSPS) is 12.0. The first-order valence-electron chi connectivity index (χ1n) is 10.4. The molecule has 4 rings (SSSR count). The van der Waals surface area contributed by atoms with Gasteiger partial charge in [0.1, 0.15) is 5.25 Å². The zero-order chi connectivity index (χ0) is 24.0. The number of sulfonamides is 1. The molecule has 0 bridgehead atoms. The van der Waals surface area contributed by atoms with Gasteiger partial charge in [0.25, 0.3) is 10.0 Å². The van der Waals surface area contributed by atoms with E-state index in [1.54, 1.807) is 66.7 Å². The summed E-state index contributed by atoms with van der Waals surface area (Å²) in [5, 5.41) is 2.83. The summed E-state index contributed by atoms with van der Waals surface area (Å²) < 4.78 is 27.7. The van der Waals surface area contributed by atoms with Crippen LogP contribution in [0, 0.1) is 0 Å². The third-order valence-corrected chi connectivity index (χ3v) is 7.88. The van der Waals surface area contributed by atoms with Gasteiger partial charge in [0, 0.05) is 10.6 Å². The van der Waals surface area contributed by atoms with Crippen LogP contribution in [0.25, 0.3) is 0 Å². The number of amides is 1. The van der Waals surface area contributed by atoms with E-state index < -0.39 is 15.3 Å². The van der Waals surface area contributed by atoms with E-state index in [1.165, 1.54) is 23.9 Å². The van der Waals surface area contributed by atoms with Crippen LogP contribution in [0.3, 0.4) is 0 Å². The number of anilines is 2. The molecule has 1 amide bonds. The Balaban J connectivity index is 1.52. The molecule has 34 heavy (non-hydrogen) atoms. The Morgan fingerprint density at radius 2 is 1.35 bits per heavy atom. The molecule has 0 heterocycles. The number of hydrogen-bond acceptors (Lipinski definition) is 4. The number of halogens is 1. The van der Waals surface area contributed by atoms with Gasteiger partial charge in [-0.3, -0.25) is 9.52 Å². The lowest BCUT2D eigenvalue weighted by Gasteiger charge is -2.18. The van der Waals surface area contributed by atoms with Gasteiger partial charge in [-0.05, 0) is 54.1 Å². The van der Waals surface area contributed by atoms with E-state index in [0.717, 1.165) is 10.5 Å². The monoisotopic (exact) mass is 508 g/mol. The number of carbonyl (C=O) groups is 1. The molecule has 0 aliphatic carbocycles. The van der Waals surface area contributed by atoms with Crippen LogP contribution in [0.1, 0.15) is 10.8 Å². The van der Waals surface area contributed by atoms with Crippen molar-refractivity contribution in [1.82, 2.24) is 0 Å². The van der Waals surface area contributed by atoms with Crippen molar-refractivity contribution in [3.63, 3.8) is 0 Å². The van der Waals surface area contributed by atoms with Crippen LogP contribution in [-0.2, 0) is 14.8 Å². The summed E-state index contributed by atoms with van der Waals surface area (Å²) in [5.41, 5.74) is 1.82. The predicted octanol–water partition coefficient (Wildman–Crippen LogP) is 6.61. The zero-order valence-electron chi connectivity index (χ0n) is 17.9. The maximum Gasteiger partial charge on any atom is 0.261 e. The van der Waals surface area contributed by atoms with Crippen LogP contribution in [0.15, 0.2) is 119 Å². The minimum absolute atomic E-state index is 0.189. The minimum Gasteiger partial charge on any atom is -0.323 e. The Labute approximate surface area is 208 Å². The topological polar surface area (TPSA) is 75.3 Å². The highest BCUT2D eigenvalue weighted by Gasteiger charge is 2.23. The van der Waals surface area contributed by atoms with Crippen LogP contribution < -0.4 is 10.0 Å². The third kappa shape index (κ3) is 5.99. The molecule has 0 aromatic heterocycles. The molecule has 0 saturated carbocycles. The van der Waals surface area contributed by atoms with E-state index in [-0.39, 0.29) is 10.8 Å². The summed E-state index contributed by atoms with van der Waals surface area (Å²) in [5.74, 6) is -0.210. The Morgan fingerprint density at radius 3 is 2.00 bits per heavy atom. The molecule has 1 atom stereocenters. The second kappa shape index (κ2) is 10.8. The van der Waals surface area contributed by atoms with Crippen LogP contribution in [0.2, 0.25) is 5.02 Å². The van der Waals surface area contributed by atoms with Crippen LogP contribution in [-0.4, -0.2) is 14.3 Å². The van der Waals surface area contributed by atoms with Gasteiger partial charge in [0.15, 0.2) is 0 Å². The molecule has 0 fully saturated rings. The number of para-hydroxylation sites is 1. The molecule has 0 saturated heterocycles. The van der Waals surface area contributed by atoms with E-state index in [1.807, 2.05) is 30.3 Å². The molecule has 0 spiro atoms. The fourth-order valence-corrected chi connectivity index (χ4v) is 5.50. The quantitative estimate of drug-likeness (QED) is 0.262. The molecule has 2 N–H and O–H groups in total. The van der Waals surface area contributed by atoms with Gasteiger partial charge < -0.3 is 5.32 Å². The van der Waals surface area contributed by atoms with Crippen molar-refractivity contribution in [2.24, 2.45) is 0 Å². The molecule has 5 nitrogen and oxygen atoms in total. The Bertz CT molecular complexity index is 1360. The number of nitrogens with one attached hydrogen (secondary N) is 2. The van der Waals surface area contributed by atoms with Gasteiger partial charge in [0.05, 0.1) is 15.6 Å². The summed E-state index contributed by atoms with van der Waals surface area (Å²) in [6.07, 6.45) is 0. The van der Waals surface area contributed by atoms with Gasteiger partial charge in [0.2, 0.25) is 5.91 Å². The van der Waals surface area contributed by atoms with Crippen molar-refractivity contribution in [2.75, 3.05) is 10.0 Å². The van der Waals surface area contributed by atoms with Crippen LogP contribution >= 0.6 is 23.4 Å². The van der Waals surface area contributed by atoms with E-state index in [2.05, 4.69) is 10.0 Å². The molecule has 172 valence electrons. The van der Waals surface area contributed by atoms with E-state index in [0.29, 0.717) is 16.4 Å². The molecular formula is C26H21ClN2O3S2. The molecule has 0 radical (unpaired) electrons. The van der Waals surface area contributed by atoms with E-state index in [4.69, 9.17) is 11.6 Å². The first-order chi connectivity index (χ1) is 16.4. The number of thioether (sulfide) groups is 1. The second-order valence-corrected chi connectivity index (χ2v) is 10.6. The van der Waals surface area contributed by atoms with Crippen molar-refractivity contribution in [3.05, 3.63) is 120 Å². The largest absolute Gasteiger partial charge is 0.323 e. The zero-order valence-corrected chi connectivity index (χ0v) is 20.3. The summed E-state index contributed by atoms with van der Waals surface area (Å²) in [4.78, 5) is 14.2. The number of hydrogen-bond donors (Lipinski definition) is 2. The van der Waals surface area contributed by atoms with Crippen molar-refractivity contribution in [2.45, 2.75) is 15.0 Å². The van der Waals surface area contributed by atoms with Crippen molar-refractivity contribution >= 4 is 50.7 Å². The van der Waals surface area contributed by atoms with Gasteiger partial charge in [-0.25, -0.2) is 8.42 Å². The fourth-order valence-electron chi connectivity index (χ4n) is 3.21. The summed E-state index contributed by atoms with van der Waals surface area (Å²) >= 11 is 7.58. The van der Waals surface area contributed by atoms with Crippen LogP contribution in [0.4, 0.5) is 11.4 Å². The first kappa shape index (κ1) is 23.9. The molecule has 0 aliphatic rings. The summed E-state index contributed by atoms with van der Waals surface area (Å²) in [6.45, 7) is 0. The van der Waals surface area contributed by atoms with Gasteiger partial charge in [-0.2, -0.15) is 0 Å². The average Bonchev–Trinajstić information content (AvgIpc) is 2.86. The molecule has 1 unspecified atom stereocenters. The lowest BCUT2D eigenvalue weighted by molar-refractivity contribution is -0.115. The highest BCUT2D eigenvalue weighted by Crippen LogP contribution is 2.37. The average molecular weight is 509 g/mol. The Morgan fingerprint density at radius 1 is 0.765 bits per heavy atom. The molecule has 4 aromatic carbocycles. The molecule has 4 aromatic rings. The minimum atomic E-state index is -3.68. The highest BCUT2D eigenvalue weighted by atomic mass is 35.5. The first-order valence-corrected chi connectivity index (χ1v) is 13.1. The van der Waals surface area contributed by atoms with Gasteiger partial charge in [-0.1, -0.05) is 72.3 Å². The molecular weight excluding hydrogens is 488 g/mol. The number of rotatable bonds is 8. The highest BCUT2D eigenvalue weighted by molar-refractivity contribution is 8.00. The summed E-state index contributed by atoms with van der Waals surface area (Å²) in [7, 11) is -3.68. The van der Waals surface area contributed by atoms with Crippen molar-refractivity contribution in [1.29, 1.82) is 0 Å². The molecule has 0 aliphatic heterocycles. The Kier molecular flexibility index (Phi) is 7.57. The van der Waals surface area contributed by atoms with Gasteiger partial charge in [-0.15, -0.1) is 11.8 Å². The van der Waals surface area contributed by atoms with Crippen molar-refractivity contribution in [3.8, 4) is 0 Å². The van der Waals surface area contributed by atoms with E-state index >= 15 is 0 Å². The smallest absolute Gasteiger partial charge is 0.261 e. The standard InChI is InChI=1S/C26H21ClN2O3S2/c27-23-13-7-8-14-24(23)28-26(30)25(19-9-3-1-4-10-19)33-21-17-15-20(16-18-21)29-34(31,32)22-11-5-2-6-12-22/h1-18,25,29H,(H,28,30). The maximum atomic E-state index is 13.2. The number of benzene rings is 4. The molecule has 8 heteroatoms. The number of carbonyl (C=O) groups excluding carboxylic acids is 1.